The van der Waals surface area contributed by atoms with E-state index in [9.17, 15) is 4.79 Å². The quantitative estimate of drug-likeness (QED) is 0.859. The Kier molecular flexibility index (Phi) is 6.77. The maximum atomic E-state index is 12.3. The first kappa shape index (κ1) is 18.6. The number of hydrogen-bond acceptors (Lipinski definition) is 5. The minimum atomic E-state index is 0.0898. The summed E-state index contributed by atoms with van der Waals surface area (Å²) in [5.74, 6) is 0.838. The van der Waals surface area contributed by atoms with Crippen LogP contribution in [-0.4, -0.2) is 40.6 Å². The van der Waals surface area contributed by atoms with Gasteiger partial charge in [0.25, 0.3) is 0 Å². The van der Waals surface area contributed by atoms with E-state index in [4.69, 9.17) is 4.52 Å². The lowest BCUT2D eigenvalue weighted by Crippen LogP contribution is -2.41. The fraction of sp³-hybridized carbons (Fsp3) is 0.550. The number of likely N-dealkylation sites (N-methyl/N-ethyl adjacent to an activating group) is 1. The van der Waals surface area contributed by atoms with Gasteiger partial charge in [-0.3, -0.25) is 14.7 Å². The lowest BCUT2D eigenvalue weighted by atomic mass is 9.97. The molecule has 140 valence electrons. The first-order valence-corrected chi connectivity index (χ1v) is 9.54. The Morgan fingerprint density at radius 3 is 2.62 bits per heavy atom. The van der Waals surface area contributed by atoms with Crippen LogP contribution in [0.4, 0.5) is 0 Å². The predicted octanol–water partition coefficient (Wildman–Crippen LogP) is 3.40. The van der Waals surface area contributed by atoms with Crippen LogP contribution in [0.3, 0.4) is 0 Å². The summed E-state index contributed by atoms with van der Waals surface area (Å²) in [6.07, 6.45) is 12.0. The van der Waals surface area contributed by atoms with E-state index in [2.05, 4.69) is 15.5 Å². The molecule has 0 aliphatic heterocycles. The molecule has 6 nitrogen and oxygen atoms in total. The van der Waals surface area contributed by atoms with Gasteiger partial charge >= 0.3 is 0 Å². The largest absolute Gasteiger partial charge is 0.359 e. The third kappa shape index (κ3) is 5.66. The molecule has 1 aliphatic rings. The molecule has 3 rings (SSSR count). The van der Waals surface area contributed by atoms with Crippen molar-refractivity contribution in [3.8, 4) is 11.3 Å². The second-order valence-electron chi connectivity index (χ2n) is 7.20. The highest BCUT2D eigenvalue weighted by Crippen LogP contribution is 2.19. The molecule has 2 heterocycles. The molecule has 1 amide bonds. The van der Waals surface area contributed by atoms with E-state index in [-0.39, 0.29) is 5.91 Å². The molecule has 6 heteroatoms. The third-order valence-corrected chi connectivity index (χ3v) is 4.84. The van der Waals surface area contributed by atoms with Gasteiger partial charge < -0.3 is 9.84 Å². The average molecular weight is 356 g/mol. The van der Waals surface area contributed by atoms with Gasteiger partial charge in [-0.1, -0.05) is 37.3 Å². The lowest BCUT2D eigenvalue weighted by Gasteiger charge is -2.22. The van der Waals surface area contributed by atoms with E-state index >= 15 is 0 Å². The Labute approximate surface area is 155 Å². The molecular weight excluding hydrogens is 328 g/mol. The van der Waals surface area contributed by atoms with Crippen LogP contribution in [-0.2, 0) is 11.3 Å². The molecule has 1 aliphatic carbocycles. The van der Waals surface area contributed by atoms with Crippen molar-refractivity contribution < 1.29 is 9.32 Å². The van der Waals surface area contributed by atoms with Crippen LogP contribution in [0.1, 0.15) is 50.7 Å². The number of pyridine rings is 1. The van der Waals surface area contributed by atoms with Gasteiger partial charge in [-0.2, -0.15) is 0 Å². The molecule has 26 heavy (non-hydrogen) atoms. The summed E-state index contributed by atoms with van der Waals surface area (Å²) in [5.41, 5.74) is 1.76. The molecule has 0 unspecified atom stereocenters. The van der Waals surface area contributed by atoms with Gasteiger partial charge in [-0.15, -0.1) is 0 Å². The van der Waals surface area contributed by atoms with E-state index in [1.165, 1.54) is 32.1 Å². The second kappa shape index (κ2) is 9.48. The van der Waals surface area contributed by atoms with E-state index < -0.39 is 0 Å². The Bertz CT molecular complexity index is 678. The third-order valence-electron chi connectivity index (χ3n) is 4.84. The summed E-state index contributed by atoms with van der Waals surface area (Å²) in [6, 6.07) is 6.04. The van der Waals surface area contributed by atoms with Gasteiger partial charge in [0, 0.05) is 30.1 Å². The summed E-state index contributed by atoms with van der Waals surface area (Å²) >= 11 is 0. The molecule has 0 bridgehead atoms. The van der Waals surface area contributed by atoms with Crippen molar-refractivity contribution in [2.75, 3.05) is 13.6 Å². The zero-order chi connectivity index (χ0) is 18.2. The summed E-state index contributed by atoms with van der Waals surface area (Å²) in [7, 11) is 1.92. The van der Waals surface area contributed by atoms with Gasteiger partial charge in [0.1, 0.15) is 5.69 Å². The van der Waals surface area contributed by atoms with Crippen LogP contribution in [0.5, 0.6) is 0 Å². The Morgan fingerprint density at radius 1 is 1.19 bits per heavy atom. The first-order chi connectivity index (χ1) is 12.7. The molecule has 0 saturated heterocycles. The molecule has 1 fully saturated rings. The zero-order valence-electron chi connectivity index (χ0n) is 15.5. The topological polar surface area (TPSA) is 71.3 Å². The predicted molar refractivity (Wildman–Crippen MR) is 100 cm³/mol. The number of carbonyl (C=O) groups is 1. The molecule has 1 saturated carbocycles. The van der Waals surface area contributed by atoms with Gasteiger partial charge in [-0.05, 0) is 32.0 Å². The van der Waals surface area contributed by atoms with Gasteiger partial charge in [0.05, 0.1) is 13.1 Å². The van der Waals surface area contributed by atoms with E-state index in [0.29, 0.717) is 19.1 Å². The van der Waals surface area contributed by atoms with Crippen molar-refractivity contribution in [1.82, 2.24) is 20.4 Å². The lowest BCUT2D eigenvalue weighted by molar-refractivity contribution is -0.122. The molecule has 1 N–H and O–H groups in total. The molecular formula is C20H28N4O2. The number of hydrogen-bond donors (Lipinski definition) is 1. The maximum Gasteiger partial charge on any atom is 0.234 e. The van der Waals surface area contributed by atoms with Gasteiger partial charge in [0.2, 0.25) is 5.91 Å². The molecule has 0 radical (unpaired) electrons. The highest BCUT2D eigenvalue weighted by Gasteiger charge is 2.16. The van der Waals surface area contributed by atoms with Crippen LogP contribution in [0.25, 0.3) is 11.3 Å². The van der Waals surface area contributed by atoms with Crippen LogP contribution in [0.2, 0.25) is 0 Å². The zero-order valence-corrected chi connectivity index (χ0v) is 15.5. The summed E-state index contributed by atoms with van der Waals surface area (Å²) < 4.78 is 5.41. The highest BCUT2D eigenvalue weighted by molar-refractivity contribution is 5.78. The number of rotatable bonds is 6. The van der Waals surface area contributed by atoms with Crippen LogP contribution >= 0.6 is 0 Å². The average Bonchev–Trinajstić information content (AvgIpc) is 3.06. The van der Waals surface area contributed by atoms with Gasteiger partial charge in [-0.25, -0.2) is 0 Å². The smallest absolute Gasteiger partial charge is 0.234 e. The number of aromatic nitrogens is 2. The van der Waals surface area contributed by atoms with Crippen LogP contribution in [0, 0.1) is 0 Å². The minimum Gasteiger partial charge on any atom is -0.359 e. The Hall–Kier alpha value is -2.21. The van der Waals surface area contributed by atoms with Crippen LogP contribution < -0.4 is 5.32 Å². The number of carbonyl (C=O) groups excluding carboxylic acids is 1. The minimum absolute atomic E-state index is 0.0898. The number of amides is 1. The monoisotopic (exact) mass is 356 g/mol. The van der Waals surface area contributed by atoms with E-state index in [0.717, 1.165) is 29.9 Å². The van der Waals surface area contributed by atoms with Crippen molar-refractivity contribution in [3.63, 3.8) is 0 Å². The van der Waals surface area contributed by atoms with Crippen molar-refractivity contribution in [2.45, 2.75) is 57.5 Å². The SMILES string of the molecule is CN(CC(=O)NC1CCCCCCC1)Cc1cc(-c2ccncc2)no1. The standard InChI is InChI=1S/C20H28N4O2/c1-24(15-20(25)22-17-7-5-3-2-4-6-8-17)14-18-13-19(23-26-18)16-9-11-21-12-10-16/h9-13,17H,2-8,14-15H2,1H3,(H,22,25). The maximum absolute atomic E-state index is 12.3. The van der Waals surface area contributed by atoms with Gasteiger partial charge in [0.15, 0.2) is 5.76 Å². The first-order valence-electron chi connectivity index (χ1n) is 9.54. The molecule has 0 atom stereocenters. The van der Waals surface area contributed by atoms with Crippen molar-refractivity contribution in [1.29, 1.82) is 0 Å². The van der Waals surface area contributed by atoms with Crippen molar-refractivity contribution in [3.05, 3.63) is 36.4 Å². The number of nitrogens with zero attached hydrogens (tertiary/aromatic N) is 3. The normalized spacial score (nSPS) is 16.2. The summed E-state index contributed by atoms with van der Waals surface area (Å²) in [4.78, 5) is 18.3. The molecule has 2 aromatic heterocycles. The van der Waals surface area contributed by atoms with E-state index in [1.807, 2.05) is 30.1 Å². The molecule has 0 aromatic carbocycles. The highest BCUT2D eigenvalue weighted by atomic mass is 16.5. The van der Waals surface area contributed by atoms with Crippen LogP contribution in [0.15, 0.2) is 35.1 Å². The number of nitrogens with one attached hydrogen (secondary N) is 1. The van der Waals surface area contributed by atoms with E-state index in [1.54, 1.807) is 12.4 Å². The van der Waals surface area contributed by atoms with Crippen molar-refractivity contribution in [2.24, 2.45) is 0 Å². The second-order valence-corrected chi connectivity index (χ2v) is 7.20. The fourth-order valence-corrected chi connectivity index (χ4v) is 3.49. The fourth-order valence-electron chi connectivity index (χ4n) is 3.49. The summed E-state index contributed by atoms with van der Waals surface area (Å²) in [6.45, 7) is 0.915. The summed E-state index contributed by atoms with van der Waals surface area (Å²) in [5, 5.41) is 7.30. The Morgan fingerprint density at radius 2 is 1.88 bits per heavy atom. The Balaban J connectivity index is 1.46. The molecule has 2 aromatic rings. The molecule has 0 spiro atoms. The van der Waals surface area contributed by atoms with Crippen molar-refractivity contribution >= 4 is 5.91 Å².